The third-order valence-electron chi connectivity index (χ3n) is 5.11. The molecule has 1 aromatic heterocycles. The van der Waals surface area contributed by atoms with Gasteiger partial charge in [0.1, 0.15) is 17.5 Å². The van der Waals surface area contributed by atoms with Gasteiger partial charge in [-0.25, -0.2) is 8.78 Å². The minimum absolute atomic E-state index is 0.320. The zero-order valence-electron chi connectivity index (χ0n) is 17.5. The van der Waals surface area contributed by atoms with E-state index in [-0.39, 0.29) is 17.9 Å². The van der Waals surface area contributed by atoms with Crippen LogP contribution < -0.4 is 9.47 Å². The first-order chi connectivity index (χ1) is 16.0. The van der Waals surface area contributed by atoms with Crippen molar-refractivity contribution in [3.05, 3.63) is 94.3 Å². The maximum atomic E-state index is 13.6. The van der Waals surface area contributed by atoms with Crippen molar-refractivity contribution in [3.8, 4) is 17.2 Å². The zero-order chi connectivity index (χ0) is 22.9. The van der Waals surface area contributed by atoms with Crippen molar-refractivity contribution in [2.75, 3.05) is 0 Å². The van der Waals surface area contributed by atoms with Crippen LogP contribution in [0, 0.1) is 11.6 Å². The first kappa shape index (κ1) is 21.7. The molecule has 5 nitrogen and oxygen atoms in total. The topological polar surface area (TPSA) is 49.2 Å². The number of ether oxygens (including phenoxy) is 2. The van der Waals surface area contributed by atoms with Crippen molar-refractivity contribution in [2.24, 2.45) is 0 Å². The first-order valence-electron chi connectivity index (χ1n) is 10.2. The fourth-order valence-corrected chi connectivity index (χ4v) is 4.84. The molecule has 33 heavy (non-hydrogen) atoms. The van der Waals surface area contributed by atoms with Crippen LogP contribution in [0.4, 0.5) is 8.78 Å². The summed E-state index contributed by atoms with van der Waals surface area (Å²) in [5.74, 6) is 1.84. The van der Waals surface area contributed by atoms with E-state index >= 15 is 0 Å². The van der Waals surface area contributed by atoms with E-state index in [0.29, 0.717) is 39.7 Å². The molecule has 0 amide bonds. The Morgan fingerprint density at radius 3 is 2.48 bits per heavy atom. The quantitative estimate of drug-likeness (QED) is 0.304. The molecule has 0 saturated heterocycles. The molecule has 0 saturated carbocycles. The molecule has 9 heteroatoms. The Kier molecular flexibility index (Phi) is 5.95. The zero-order valence-corrected chi connectivity index (χ0v) is 19.0. The molecule has 1 atom stereocenters. The van der Waals surface area contributed by atoms with Crippen LogP contribution in [0.3, 0.4) is 0 Å². The lowest BCUT2D eigenvalue weighted by atomic mass is 10.1. The summed E-state index contributed by atoms with van der Waals surface area (Å²) in [7, 11) is 0. The summed E-state index contributed by atoms with van der Waals surface area (Å²) in [5, 5.41) is 9.74. The van der Waals surface area contributed by atoms with Crippen molar-refractivity contribution < 1.29 is 18.3 Å². The van der Waals surface area contributed by atoms with Gasteiger partial charge in [0.2, 0.25) is 6.29 Å². The average Bonchev–Trinajstić information content (AvgIpc) is 3.35. The molecule has 0 fully saturated rings. The van der Waals surface area contributed by atoms with E-state index in [1.807, 2.05) is 29.7 Å². The molecular weight excluding hydrogens is 468 g/mol. The number of aromatic nitrogens is 3. The number of fused-ring (bicyclic) bond motifs is 1. The predicted octanol–water partition coefficient (Wildman–Crippen LogP) is 6.20. The number of halogens is 3. The molecule has 168 valence electrons. The smallest absolute Gasteiger partial charge is 0.238 e. The molecule has 1 unspecified atom stereocenters. The molecule has 4 aromatic rings. The Hall–Kier alpha value is -3.10. The van der Waals surface area contributed by atoms with Gasteiger partial charge in [0, 0.05) is 29.8 Å². The second-order valence-electron chi connectivity index (χ2n) is 7.50. The van der Waals surface area contributed by atoms with Gasteiger partial charge in [-0.3, -0.25) is 4.57 Å². The number of benzene rings is 3. The van der Waals surface area contributed by atoms with E-state index in [1.54, 1.807) is 18.2 Å². The van der Waals surface area contributed by atoms with Gasteiger partial charge < -0.3 is 9.47 Å². The highest BCUT2D eigenvalue weighted by molar-refractivity contribution is 7.98. The Labute approximate surface area is 198 Å². The Balaban J connectivity index is 1.46. The lowest BCUT2D eigenvalue weighted by Gasteiger charge is -2.11. The van der Waals surface area contributed by atoms with E-state index in [2.05, 4.69) is 10.2 Å². The number of hydrogen-bond donors (Lipinski definition) is 0. The van der Waals surface area contributed by atoms with Gasteiger partial charge in [0.05, 0.1) is 0 Å². The summed E-state index contributed by atoms with van der Waals surface area (Å²) < 4.78 is 40.1. The first-order valence-corrected chi connectivity index (χ1v) is 11.6. The SMILES string of the molecule is CC1Oc2ccc(Cc3nnc(SCc4ccc(F)cc4Cl)n3-c3ccc(F)cc3)cc2O1. The second-order valence-corrected chi connectivity index (χ2v) is 8.85. The van der Waals surface area contributed by atoms with Gasteiger partial charge in [-0.15, -0.1) is 10.2 Å². The summed E-state index contributed by atoms with van der Waals surface area (Å²) in [6, 6.07) is 16.2. The Bertz CT molecular complexity index is 1310. The van der Waals surface area contributed by atoms with Crippen LogP contribution in [-0.2, 0) is 12.2 Å². The lowest BCUT2D eigenvalue weighted by molar-refractivity contribution is 0.0678. The number of thioether (sulfide) groups is 1. The number of rotatable bonds is 6. The fraction of sp³-hybridized carbons (Fsp3) is 0.167. The van der Waals surface area contributed by atoms with Crippen LogP contribution >= 0.6 is 23.4 Å². The molecule has 0 radical (unpaired) electrons. The molecule has 3 aromatic carbocycles. The van der Waals surface area contributed by atoms with Crippen molar-refractivity contribution >= 4 is 23.4 Å². The van der Waals surface area contributed by atoms with E-state index in [4.69, 9.17) is 21.1 Å². The van der Waals surface area contributed by atoms with Crippen molar-refractivity contribution in [1.82, 2.24) is 14.8 Å². The van der Waals surface area contributed by atoms with Crippen LogP contribution in [0.15, 0.2) is 65.8 Å². The van der Waals surface area contributed by atoms with Crippen molar-refractivity contribution in [3.63, 3.8) is 0 Å². The normalized spacial score (nSPS) is 14.6. The van der Waals surface area contributed by atoms with Crippen LogP contribution in [0.1, 0.15) is 23.9 Å². The average molecular weight is 486 g/mol. The van der Waals surface area contributed by atoms with Crippen LogP contribution in [-0.4, -0.2) is 21.1 Å². The highest BCUT2D eigenvalue weighted by atomic mass is 35.5. The highest BCUT2D eigenvalue weighted by Gasteiger charge is 2.21. The predicted molar refractivity (Wildman–Crippen MR) is 122 cm³/mol. The second kappa shape index (κ2) is 9.03. The molecule has 0 aliphatic carbocycles. The Morgan fingerprint density at radius 1 is 0.939 bits per heavy atom. The summed E-state index contributed by atoms with van der Waals surface area (Å²) in [6.07, 6.45) is 0.159. The van der Waals surface area contributed by atoms with Crippen LogP contribution in [0.5, 0.6) is 11.5 Å². The van der Waals surface area contributed by atoms with Crippen LogP contribution in [0.25, 0.3) is 5.69 Å². The van der Waals surface area contributed by atoms with Gasteiger partial charge in [-0.2, -0.15) is 0 Å². The standard InChI is InChI=1S/C24H18ClF2N3O2S/c1-14-31-21-9-2-15(10-22(21)32-14)11-23-28-29-24(30(23)19-7-5-17(26)6-8-19)33-13-16-3-4-18(27)12-20(16)25/h2-10,12,14H,11,13H2,1H3. The van der Waals surface area contributed by atoms with Gasteiger partial charge in [0.15, 0.2) is 16.7 Å². The Morgan fingerprint density at radius 2 is 1.70 bits per heavy atom. The molecule has 5 rings (SSSR count). The monoisotopic (exact) mass is 485 g/mol. The molecule has 1 aliphatic heterocycles. The molecule has 1 aliphatic rings. The molecule has 0 N–H and O–H groups in total. The lowest BCUT2D eigenvalue weighted by Crippen LogP contribution is -2.11. The molecular formula is C24H18ClF2N3O2S. The third-order valence-corrected chi connectivity index (χ3v) is 6.44. The van der Waals surface area contributed by atoms with Gasteiger partial charge in [-0.1, -0.05) is 35.5 Å². The molecule has 0 bridgehead atoms. The van der Waals surface area contributed by atoms with E-state index in [1.165, 1.54) is 36.0 Å². The maximum absolute atomic E-state index is 13.6. The van der Waals surface area contributed by atoms with Gasteiger partial charge >= 0.3 is 0 Å². The van der Waals surface area contributed by atoms with E-state index in [0.717, 1.165) is 16.8 Å². The van der Waals surface area contributed by atoms with E-state index < -0.39 is 0 Å². The van der Waals surface area contributed by atoms with Crippen LogP contribution in [0.2, 0.25) is 5.02 Å². The summed E-state index contributed by atoms with van der Waals surface area (Å²) in [4.78, 5) is 0. The van der Waals surface area contributed by atoms with Gasteiger partial charge in [0.25, 0.3) is 0 Å². The fourth-order valence-electron chi connectivity index (χ4n) is 3.55. The maximum Gasteiger partial charge on any atom is 0.238 e. The number of nitrogens with zero attached hydrogens (tertiary/aromatic N) is 3. The minimum Gasteiger partial charge on any atom is -0.451 e. The molecule has 0 spiro atoms. The summed E-state index contributed by atoms with van der Waals surface area (Å²) >= 11 is 7.59. The minimum atomic E-state index is -0.386. The largest absolute Gasteiger partial charge is 0.451 e. The summed E-state index contributed by atoms with van der Waals surface area (Å²) in [6.45, 7) is 1.84. The molecule has 2 heterocycles. The van der Waals surface area contributed by atoms with Gasteiger partial charge in [-0.05, 0) is 59.7 Å². The highest BCUT2D eigenvalue weighted by Crippen LogP contribution is 2.36. The van der Waals surface area contributed by atoms with E-state index in [9.17, 15) is 8.78 Å². The summed E-state index contributed by atoms with van der Waals surface area (Å²) in [5.41, 5.74) is 2.49. The third kappa shape index (κ3) is 4.67. The number of hydrogen-bond acceptors (Lipinski definition) is 5. The van der Waals surface area contributed by atoms with Crippen molar-refractivity contribution in [2.45, 2.75) is 30.5 Å². The van der Waals surface area contributed by atoms with Crippen molar-refractivity contribution in [1.29, 1.82) is 0 Å².